The second kappa shape index (κ2) is 7.27. The fourth-order valence-electron chi connectivity index (χ4n) is 2.44. The molecule has 0 saturated heterocycles. The van der Waals surface area contributed by atoms with Gasteiger partial charge in [0.05, 0.1) is 6.20 Å². The number of aryl methyl sites for hydroxylation is 1. The first-order valence-electron chi connectivity index (χ1n) is 7.58. The van der Waals surface area contributed by atoms with Gasteiger partial charge in [0.25, 0.3) is 0 Å². The summed E-state index contributed by atoms with van der Waals surface area (Å²) in [5.41, 5.74) is 3.83. The Morgan fingerprint density at radius 2 is 1.95 bits per heavy atom. The minimum Gasteiger partial charge on any atom is -0.378 e. The van der Waals surface area contributed by atoms with Crippen molar-refractivity contribution in [1.29, 1.82) is 0 Å². The molecule has 21 heavy (non-hydrogen) atoms. The molecule has 1 atom stereocenters. The van der Waals surface area contributed by atoms with Crippen LogP contribution in [0.1, 0.15) is 30.5 Å². The van der Waals surface area contributed by atoms with Crippen LogP contribution in [0.25, 0.3) is 0 Å². The van der Waals surface area contributed by atoms with E-state index >= 15 is 0 Å². The second-order valence-electron chi connectivity index (χ2n) is 5.72. The lowest BCUT2D eigenvalue weighted by Gasteiger charge is -2.20. The summed E-state index contributed by atoms with van der Waals surface area (Å²) in [6, 6.07) is 9.14. The quantitative estimate of drug-likeness (QED) is 0.849. The topological polar surface area (TPSA) is 33.1 Å². The minimum atomic E-state index is 0.338. The number of hydrogen-bond acceptors (Lipinski definition) is 3. The van der Waals surface area contributed by atoms with Crippen molar-refractivity contribution in [2.24, 2.45) is 7.05 Å². The Kier molecular flexibility index (Phi) is 5.39. The summed E-state index contributed by atoms with van der Waals surface area (Å²) in [4.78, 5) is 2.12. The maximum absolute atomic E-state index is 4.26. The highest BCUT2D eigenvalue weighted by Gasteiger charge is 2.12. The van der Waals surface area contributed by atoms with E-state index in [0.29, 0.717) is 6.04 Å². The van der Waals surface area contributed by atoms with E-state index in [4.69, 9.17) is 0 Å². The zero-order valence-corrected chi connectivity index (χ0v) is 13.5. The minimum absolute atomic E-state index is 0.338. The number of nitrogens with zero attached hydrogens (tertiary/aromatic N) is 3. The monoisotopic (exact) mass is 286 g/mol. The smallest absolute Gasteiger partial charge is 0.0522 e. The summed E-state index contributed by atoms with van der Waals surface area (Å²) in [6.07, 6.45) is 6.15. The molecule has 0 aliphatic heterocycles. The average Bonchev–Trinajstić information content (AvgIpc) is 2.89. The third-order valence-corrected chi connectivity index (χ3v) is 3.65. The molecule has 1 aromatic carbocycles. The fraction of sp³-hybridized carbons (Fsp3) is 0.471. The van der Waals surface area contributed by atoms with Crippen molar-refractivity contribution in [3.05, 3.63) is 47.8 Å². The van der Waals surface area contributed by atoms with Gasteiger partial charge in [0, 0.05) is 39.1 Å². The van der Waals surface area contributed by atoms with E-state index in [1.807, 2.05) is 17.9 Å². The van der Waals surface area contributed by atoms with Crippen molar-refractivity contribution in [1.82, 2.24) is 15.1 Å². The third kappa shape index (κ3) is 4.33. The summed E-state index contributed by atoms with van der Waals surface area (Å²) < 4.78 is 1.86. The maximum atomic E-state index is 4.26. The first kappa shape index (κ1) is 15.6. The van der Waals surface area contributed by atoms with E-state index in [1.54, 1.807) is 0 Å². The van der Waals surface area contributed by atoms with Crippen molar-refractivity contribution < 1.29 is 0 Å². The molecule has 114 valence electrons. The number of aromatic nitrogens is 2. The molecule has 0 spiro atoms. The molecule has 0 fully saturated rings. The summed E-state index contributed by atoms with van der Waals surface area (Å²) >= 11 is 0. The largest absolute Gasteiger partial charge is 0.378 e. The number of nitrogens with one attached hydrogen (secondary N) is 1. The van der Waals surface area contributed by atoms with Gasteiger partial charge in [-0.2, -0.15) is 5.10 Å². The Bertz CT molecular complexity index is 542. The zero-order chi connectivity index (χ0) is 15.2. The third-order valence-electron chi connectivity index (χ3n) is 3.65. The van der Waals surface area contributed by atoms with Crippen LogP contribution in [-0.2, 0) is 13.5 Å². The SMILES string of the molecule is CCCNC(Cc1cnn(C)c1)c1ccc(N(C)C)cc1. The molecule has 0 radical (unpaired) electrons. The Morgan fingerprint density at radius 3 is 2.48 bits per heavy atom. The normalized spacial score (nSPS) is 12.4. The van der Waals surface area contributed by atoms with Crippen LogP contribution in [0.5, 0.6) is 0 Å². The highest BCUT2D eigenvalue weighted by Crippen LogP contribution is 2.21. The molecule has 0 aliphatic rings. The molecule has 1 unspecified atom stereocenters. The predicted molar refractivity (Wildman–Crippen MR) is 88.7 cm³/mol. The summed E-state index contributed by atoms with van der Waals surface area (Å²) in [5.74, 6) is 0. The average molecular weight is 286 g/mol. The molecular weight excluding hydrogens is 260 g/mol. The van der Waals surface area contributed by atoms with E-state index in [9.17, 15) is 0 Å². The van der Waals surface area contributed by atoms with E-state index in [2.05, 4.69) is 66.8 Å². The highest BCUT2D eigenvalue weighted by molar-refractivity contribution is 5.46. The number of rotatable bonds is 7. The molecular formula is C17H26N4. The molecule has 2 aromatic rings. The standard InChI is InChI=1S/C17H26N4/c1-5-10-18-17(11-14-12-19-21(4)13-14)15-6-8-16(9-7-15)20(2)3/h6-9,12-13,17-18H,5,10-11H2,1-4H3. The van der Waals surface area contributed by atoms with Crippen LogP contribution in [0.3, 0.4) is 0 Å². The van der Waals surface area contributed by atoms with Gasteiger partial charge in [0.15, 0.2) is 0 Å². The number of anilines is 1. The van der Waals surface area contributed by atoms with Crippen molar-refractivity contribution >= 4 is 5.69 Å². The Balaban J connectivity index is 2.14. The molecule has 0 aliphatic carbocycles. The van der Waals surface area contributed by atoms with Crippen LogP contribution in [0.2, 0.25) is 0 Å². The van der Waals surface area contributed by atoms with Gasteiger partial charge in [-0.15, -0.1) is 0 Å². The Labute approximate surface area is 127 Å². The van der Waals surface area contributed by atoms with Crippen molar-refractivity contribution in [3.63, 3.8) is 0 Å². The molecule has 1 N–H and O–H groups in total. The van der Waals surface area contributed by atoms with Crippen LogP contribution in [0, 0.1) is 0 Å². The molecule has 1 aromatic heterocycles. The lowest BCUT2D eigenvalue weighted by atomic mass is 10.00. The molecule has 4 nitrogen and oxygen atoms in total. The van der Waals surface area contributed by atoms with E-state index in [0.717, 1.165) is 19.4 Å². The molecule has 4 heteroatoms. The molecule has 0 amide bonds. The van der Waals surface area contributed by atoms with E-state index in [1.165, 1.54) is 16.8 Å². The molecule has 2 rings (SSSR count). The molecule has 1 heterocycles. The summed E-state index contributed by atoms with van der Waals surface area (Å²) in [7, 11) is 6.10. The first-order valence-corrected chi connectivity index (χ1v) is 7.58. The Morgan fingerprint density at radius 1 is 1.24 bits per heavy atom. The highest BCUT2D eigenvalue weighted by atomic mass is 15.2. The van der Waals surface area contributed by atoms with Crippen LogP contribution < -0.4 is 10.2 Å². The van der Waals surface area contributed by atoms with Crippen LogP contribution in [0.4, 0.5) is 5.69 Å². The zero-order valence-electron chi connectivity index (χ0n) is 13.5. The number of hydrogen-bond donors (Lipinski definition) is 1. The fourth-order valence-corrected chi connectivity index (χ4v) is 2.44. The van der Waals surface area contributed by atoms with Crippen LogP contribution in [0.15, 0.2) is 36.7 Å². The van der Waals surface area contributed by atoms with Gasteiger partial charge in [-0.1, -0.05) is 19.1 Å². The summed E-state index contributed by atoms with van der Waals surface area (Å²) in [6.45, 7) is 3.23. The Hall–Kier alpha value is -1.81. The maximum Gasteiger partial charge on any atom is 0.0522 e. The molecule has 0 saturated carbocycles. The van der Waals surface area contributed by atoms with E-state index in [-0.39, 0.29) is 0 Å². The van der Waals surface area contributed by atoms with Gasteiger partial charge in [-0.25, -0.2) is 0 Å². The lowest BCUT2D eigenvalue weighted by Crippen LogP contribution is -2.24. The van der Waals surface area contributed by atoms with Gasteiger partial charge in [0.2, 0.25) is 0 Å². The number of benzene rings is 1. The van der Waals surface area contributed by atoms with E-state index < -0.39 is 0 Å². The van der Waals surface area contributed by atoms with Gasteiger partial charge in [-0.05, 0) is 42.6 Å². The lowest BCUT2D eigenvalue weighted by molar-refractivity contribution is 0.529. The predicted octanol–water partition coefficient (Wildman–Crippen LogP) is 2.77. The van der Waals surface area contributed by atoms with Gasteiger partial charge in [0.1, 0.15) is 0 Å². The van der Waals surface area contributed by atoms with Gasteiger partial charge in [-0.3, -0.25) is 4.68 Å². The van der Waals surface area contributed by atoms with Gasteiger partial charge >= 0.3 is 0 Å². The van der Waals surface area contributed by atoms with Crippen LogP contribution >= 0.6 is 0 Å². The van der Waals surface area contributed by atoms with Crippen molar-refractivity contribution in [3.8, 4) is 0 Å². The summed E-state index contributed by atoms with van der Waals surface area (Å²) in [5, 5.41) is 7.90. The van der Waals surface area contributed by atoms with Crippen LogP contribution in [-0.4, -0.2) is 30.4 Å². The second-order valence-corrected chi connectivity index (χ2v) is 5.72. The van der Waals surface area contributed by atoms with Crippen molar-refractivity contribution in [2.45, 2.75) is 25.8 Å². The first-order chi connectivity index (χ1) is 10.1. The van der Waals surface area contributed by atoms with Gasteiger partial charge < -0.3 is 10.2 Å². The van der Waals surface area contributed by atoms with Crippen molar-refractivity contribution in [2.75, 3.05) is 25.5 Å². The molecule has 0 bridgehead atoms.